The van der Waals surface area contributed by atoms with Gasteiger partial charge in [0.15, 0.2) is 5.82 Å². The fourth-order valence-electron chi connectivity index (χ4n) is 7.07. The summed E-state index contributed by atoms with van der Waals surface area (Å²) in [6, 6.07) is 1.07. The van der Waals surface area contributed by atoms with Crippen LogP contribution in [0.5, 0.6) is 11.9 Å². The van der Waals surface area contributed by atoms with Crippen molar-refractivity contribution < 1.29 is 36.5 Å². The second kappa shape index (κ2) is 10.2. The van der Waals surface area contributed by atoms with Crippen molar-refractivity contribution in [2.45, 2.75) is 62.1 Å². The number of aromatic nitrogens is 3. The van der Waals surface area contributed by atoms with Crippen molar-refractivity contribution in [3.05, 3.63) is 28.5 Å². The van der Waals surface area contributed by atoms with Gasteiger partial charge in [-0.15, -0.1) is 0 Å². The Bertz CT molecular complexity index is 1610. The maximum atomic E-state index is 16.5. The first-order valence-electron chi connectivity index (χ1n) is 14.1. The molecule has 2 aromatic heterocycles. The van der Waals surface area contributed by atoms with Crippen molar-refractivity contribution >= 4 is 34.0 Å². The molecular formula is C28H28ClF5N6O3. The van der Waals surface area contributed by atoms with Gasteiger partial charge in [0.05, 0.1) is 28.3 Å². The number of aliphatic hydroxyl groups excluding tert-OH is 1. The Balaban J connectivity index is 1.41. The number of rotatable bonds is 4. The minimum absolute atomic E-state index is 0.0408. The van der Waals surface area contributed by atoms with Crippen molar-refractivity contribution in [1.82, 2.24) is 19.9 Å². The van der Waals surface area contributed by atoms with E-state index >= 15 is 4.39 Å². The Hall–Kier alpha value is -3.23. The van der Waals surface area contributed by atoms with Gasteiger partial charge in [-0.05, 0) is 44.4 Å². The highest BCUT2D eigenvalue weighted by atomic mass is 35.5. The molecule has 4 aliphatic rings. The summed E-state index contributed by atoms with van der Waals surface area (Å²) >= 11 is 5.97. The average Bonchev–Trinajstić information content (AvgIpc) is 3.40. The van der Waals surface area contributed by atoms with Crippen LogP contribution in [0.3, 0.4) is 0 Å². The molecule has 7 rings (SSSR count). The van der Waals surface area contributed by atoms with E-state index in [-0.39, 0.29) is 53.9 Å². The molecule has 3 fully saturated rings. The van der Waals surface area contributed by atoms with Crippen LogP contribution in [0.15, 0.2) is 12.1 Å². The predicted octanol–water partition coefficient (Wildman–Crippen LogP) is 4.76. The number of nitrogens with two attached hydrogens (primary N) is 1. The number of anilines is 2. The topological polar surface area (TPSA) is 110 Å². The number of halogens is 6. The standard InChI is InChI=1S/C28H28ClF5N6O3/c29-16-8-14(35)7-15(20(16)28(32,33)34)22-21(31)23-19-24(40-6-1-3-18(41)17(40)11-42-25(19)36-22)38-26(37-23)43-12-27-4-2-5-39(27)10-13(30)9-27/h7-8,13,17-18,41H,1-6,9-12,35H2/t13-,17?,18?,27+/m1/s1. The lowest BCUT2D eigenvalue weighted by molar-refractivity contribution is -0.137. The van der Waals surface area contributed by atoms with Crippen LogP contribution in [0.1, 0.15) is 37.7 Å². The van der Waals surface area contributed by atoms with Crippen molar-refractivity contribution in [3.63, 3.8) is 0 Å². The summed E-state index contributed by atoms with van der Waals surface area (Å²) in [5, 5.41) is 10.1. The van der Waals surface area contributed by atoms with E-state index in [1.54, 1.807) is 4.90 Å². The van der Waals surface area contributed by atoms with Crippen LogP contribution in [0.4, 0.5) is 33.5 Å². The summed E-state index contributed by atoms with van der Waals surface area (Å²) in [7, 11) is 0. The lowest BCUT2D eigenvalue weighted by Crippen LogP contribution is -2.51. The van der Waals surface area contributed by atoms with Crippen molar-refractivity contribution in [2.75, 3.05) is 43.5 Å². The van der Waals surface area contributed by atoms with E-state index in [1.807, 2.05) is 4.90 Å². The molecule has 43 heavy (non-hydrogen) atoms. The fourth-order valence-corrected chi connectivity index (χ4v) is 7.41. The minimum Gasteiger partial charge on any atom is -0.475 e. The van der Waals surface area contributed by atoms with Gasteiger partial charge in [0.1, 0.15) is 41.8 Å². The second-order valence-electron chi connectivity index (χ2n) is 11.7. The molecular weight excluding hydrogens is 599 g/mol. The molecule has 15 heteroatoms. The molecule has 2 unspecified atom stereocenters. The molecule has 4 atom stereocenters. The maximum absolute atomic E-state index is 16.5. The number of pyridine rings is 1. The van der Waals surface area contributed by atoms with Crippen molar-refractivity contribution in [1.29, 1.82) is 0 Å². The number of fused-ring (bicyclic) bond motifs is 3. The Morgan fingerprint density at radius 1 is 1.19 bits per heavy atom. The van der Waals surface area contributed by atoms with Crippen LogP contribution < -0.4 is 20.1 Å². The van der Waals surface area contributed by atoms with Gasteiger partial charge in [-0.25, -0.2) is 13.8 Å². The Labute approximate surface area is 247 Å². The summed E-state index contributed by atoms with van der Waals surface area (Å²) in [5.41, 5.74) is 2.08. The van der Waals surface area contributed by atoms with Crippen LogP contribution in [0.25, 0.3) is 22.2 Å². The number of alkyl halides is 4. The zero-order valence-electron chi connectivity index (χ0n) is 22.8. The average molecular weight is 627 g/mol. The SMILES string of the molecule is Nc1cc(Cl)c(C(F)(F)F)c(-c2nc3c4c(nc(OC[C@@]56CCCN5C[C@H](F)C6)nc4c2F)N2CCCC(O)C2CO3)c1. The largest absolute Gasteiger partial charge is 0.475 e. The van der Waals surface area contributed by atoms with E-state index < -0.39 is 57.7 Å². The number of hydrogen-bond donors (Lipinski definition) is 2. The first-order valence-corrected chi connectivity index (χ1v) is 14.5. The molecule has 0 spiro atoms. The Kier molecular flexibility index (Phi) is 6.74. The van der Waals surface area contributed by atoms with Crippen LogP contribution in [0.2, 0.25) is 5.02 Å². The molecule has 3 aromatic rings. The molecule has 230 valence electrons. The lowest BCUT2D eigenvalue weighted by atomic mass is 9.95. The number of nitrogen functional groups attached to an aromatic ring is 1. The van der Waals surface area contributed by atoms with Crippen LogP contribution in [-0.2, 0) is 6.18 Å². The molecule has 6 heterocycles. The van der Waals surface area contributed by atoms with Gasteiger partial charge in [-0.2, -0.15) is 23.1 Å². The number of ether oxygens (including phenoxy) is 2. The smallest absolute Gasteiger partial charge is 0.418 e. The summed E-state index contributed by atoms with van der Waals surface area (Å²) in [6.45, 7) is 1.45. The van der Waals surface area contributed by atoms with Gasteiger partial charge in [-0.3, -0.25) is 4.90 Å². The third-order valence-corrected chi connectivity index (χ3v) is 9.30. The number of nitrogens with zero attached hydrogens (tertiary/aromatic N) is 5. The molecule has 0 radical (unpaired) electrons. The molecule has 0 amide bonds. The first-order chi connectivity index (χ1) is 20.4. The van der Waals surface area contributed by atoms with E-state index in [0.29, 0.717) is 32.4 Å². The first kappa shape index (κ1) is 28.5. The summed E-state index contributed by atoms with van der Waals surface area (Å²) < 4.78 is 85.3. The van der Waals surface area contributed by atoms with Gasteiger partial charge in [-0.1, -0.05) is 11.6 Å². The molecule has 3 N–H and O–H groups in total. The van der Waals surface area contributed by atoms with Crippen molar-refractivity contribution in [3.8, 4) is 23.1 Å². The molecule has 4 aliphatic heterocycles. The number of piperidine rings is 1. The van der Waals surface area contributed by atoms with Crippen LogP contribution in [-0.4, -0.2) is 81.7 Å². The molecule has 0 aliphatic carbocycles. The van der Waals surface area contributed by atoms with E-state index in [4.69, 9.17) is 26.8 Å². The summed E-state index contributed by atoms with van der Waals surface area (Å²) in [5.74, 6) is -1.19. The quantitative estimate of drug-likeness (QED) is 0.313. The number of benzene rings is 1. The fraction of sp³-hybridized carbons (Fsp3) is 0.536. The van der Waals surface area contributed by atoms with Crippen LogP contribution >= 0.6 is 11.6 Å². The summed E-state index contributed by atoms with van der Waals surface area (Å²) in [6.07, 6.45) is -3.80. The molecule has 3 saturated heterocycles. The Morgan fingerprint density at radius 3 is 2.79 bits per heavy atom. The predicted molar refractivity (Wildman–Crippen MR) is 148 cm³/mol. The molecule has 0 saturated carbocycles. The molecule has 0 bridgehead atoms. The van der Waals surface area contributed by atoms with Gasteiger partial charge in [0, 0.05) is 30.8 Å². The zero-order valence-corrected chi connectivity index (χ0v) is 23.6. The highest BCUT2D eigenvalue weighted by Crippen LogP contribution is 2.47. The number of aliphatic hydroxyl groups is 1. The van der Waals surface area contributed by atoms with E-state index in [9.17, 15) is 22.7 Å². The third kappa shape index (κ3) is 4.69. The highest BCUT2D eigenvalue weighted by Gasteiger charge is 2.49. The van der Waals surface area contributed by atoms with E-state index in [0.717, 1.165) is 25.1 Å². The highest BCUT2D eigenvalue weighted by molar-refractivity contribution is 6.32. The molecule has 9 nitrogen and oxygen atoms in total. The second-order valence-corrected chi connectivity index (χ2v) is 12.1. The minimum atomic E-state index is -4.96. The van der Waals surface area contributed by atoms with E-state index in [1.165, 1.54) is 0 Å². The van der Waals surface area contributed by atoms with Crippen molar-refractivity contribution in [2.24, 2.45) is 0 Å². The maximum Gasteiger partial charge on any atom is 0.418 e. The van der Waals surface area contributed by atoms with Gasteiger partial charge in [0.25, 0.3) is 0 Å². The third-order valence-electron chi connectivity index (χ3n) is 9.00. The summed E-state index contributed by atoms with van der Waals surface area (Å²) in [4.78, 5) is 16.9. The normalized spacial score (nSPS) is 27.1. The molecule has 1 aromatic carbocycles. The number of hydrogen-bond acceptors (Lipinski definition) is 9. The van der Waals surface area contributed by atoms with Gasteiger partial charge < -0.3 is 25.2 Å². The Morgan fingerprint density at radius 2 is 2.00 bits per heavy atom. The van der Waals surface area contributed by atoms with Crippen LogP contribution in [0, 0.1) is 5.82 Å². The monoisotopic (exact) mass is 626 g/mol. The van der Waals surface area contributed by atoms with Gasteiger partial charge >= 0.3 is 12.2 Å². The van der Waals surface area contributed by atoms with E-state index in [2.05, 4.69) is 15.0 Å². The van der Waals surface area contributed by atoms with Gasteiger partial charge in [0.2, 0.25) is 5.88 Å². The lowest BCUT2D eigenvalue weighted by Gasteiger charge is -2.38. The zero-order chi connectivity index (χ0) is 30.3.